The molecule has 2 aromatic carbocycles. The average Bonchev–Trinajstić information content (AvgIpc) is 3.26. The molecule has 1 fully saturated rings. The number of hydrogen-bond donors (Lipinski definition) is 2. The number of rotatable bonds is 5. The van der Waals surface area contributed by atoms with E-state index < -0.39 is 0 Å². The van der Waals surface area contributed by atoms with E-state index >= 15 is 0 Å². The monoisotopic (exact) mass is 439 g/mol. The molecule has 3 aromatic rings. The Morgan fingerprint density at radius 1 is 0.968 bits per heavy atom. The second-order valence-corrected chi connectivity index (χ2v) is 7.57. The Labute approximate surface area is 184 Å². The van der Waals surface area contributed by atoms with E-state index in [4.69, 9.17) is 20.8 Å². The van der Waals surface area contributed by atoms with E-state index in [0.717, 1.165) is 11.3 Å². The number of benzene rings is 2. The van der Waals surface area contributed by atoms with Gasteiger partial charge in [0.1, 0.15) is 5.76 Å². The first-order valence-electron chi connectivity index (χ1n) is 9.91. The number of halogens is 1. The third kappa shape index (κ3) is 5.07. The zero-order valence-electron chi connectivity index (χ0n) is 17.0. The van der Waals surface area contributed by atoms with Crippen LogP contribution in [0.15, 0.2) is 59.0 Å². The van der Waals surface area contributed by atoms with Crippen LogP contribution >= 0.6 is 11.6 Å². The lowest BCUT2D eigenvalue weighted by Gasteiger charge is -2.31. The van der Waals surface area contributed by atoms with Gasteiger partial charge >= 0.3 is 0 Å². The van der Waals surface area contributed by atoms with Crippen LogP contribution in [0.3, 0.4) is 0 Å². The maximum Gasteiger partial charge on any atom is 0.291 e. The summed E-state index contributed by atoms with van der Waals surface area (Å²) in [6.45, 7) is 4.03. The Kier molecular flexibility index (Phi) is 6.25. The largest absolute Gasteiger partial charge is 0.451 e. The molecule has 7 nitrogen and oxygen atoms in total. The van der Waals surface area contributed by atoms with Crippen molar-refractivity contribution in [2.24, 2.45) is 0 Å². The Balaban J connectivity index is 1.57. The molecule has 1 aliphatic rings. The Hall–Kier alpha value is -3.29. The Morgan fingerprint density at radius 3 is 2.42 bits per heavy atom. The molecular weight excluding hydrogens is 418 g/mol. The highest BCUT2D eigenvalue weighted by Crippen LogP contribution is 2.31. The number of furan rings is 1. The van der Waals surface area contributed by atoms with E-state index in [-0.39, 0.29) is 17.6 Å². The summed E-state index contributed by atoms with van der Waals surface area (Å²) in [7, 11) is 0. The van der Waals surface area contributed by atoms with Gasteiger partial charge < -0.3 is 24.7 Å². The standard InChI is InChI=1S/C23H22ClN3O4/c1-15(28)25-18-6-7-19(20(14-18)27-10-12-30-13-11-27)26-23(29)22-9-8-21(31-22)16-2-4-17(24)5-3-16/h2-9,14H,10-13H2,1H3,(H,25,28)(H,26,29). The predicted molar refractivity (Wildman–Crippen MR) is 121 cm³/mol. The van der Waals surface area contributed by atoms with Crippen molar-refractivity contribution in [3.63, 3.8) is 0 Å². The molecule has 0 atom stereocenters. The summed E-state index contributed by atoms with van der Waals surface area (Å²) in [4.78, 5) is 26.4. The zero-order valence-corrected chi connectivity index (χ0v) is 17.7. The van der Waals surface area contributed by atoms with Gasteiger partial charge in [0.15, 0.2) is 5.76 Å². The lowest BCUT2D eigenvalue weighted by molar-refractivity contribution is -0.114. The van der Waals surface area contributed by atoms with Crippen LogP contribution in [0.25, 0.3) is 11.3 Å². The van der Waals surface area contributed by atoms with Gasteiger partial charge in [0, 0.05) is 36.3 Å². The quantitative estimate of drug-likeness (QED) is 0.604. The second kappa shape index (κ2) is 9.24. The fraction of sp³-hybridized carbons (Fsp3) is 0.217. The molecule has 2 heterocycles. The predicted octanol–water partition coefficient (Wildman–Crippen LogP) is 4.65. The van der Waals surface area contributed by atoms with Gasteiger partial charge in [0.05, 0.1) is 24.6 Å². The zero-order chi connectivity index (χ0) is 21.8. The molecule has 8 heteroatoms. The number of hydrogen-bond acceptors (Lipinski definition) is 5. The smallest absolute Gasteiger partial charge is 0.291 e. The highest BCUT2D eigenvalue weighted by Gasteiger charge is 2.19. The van der Waals surface area contributed by atoms with Crippen molar-refractivity contribution in [3.8, 4) is 11.3 Å². The lowest BCUT2D eigenvalue weighted by atomic mass is 10.2. The molecule has 1 saturated heterocycles. The number of amides is 2. The molecule has 4 rings (SSSR count). The minimum absolute atomic E-state index is 0.157. The average molecular weight is 440 g/mol. The Morgan fingerprint density at radius 2 is 1.71 bits per heavy atom. The van der Waals surface area contributed by atoms with Crippen LogP contribution in [-0.4, -0.2) is 38.1 Å². The molecule has 2 N–H and O–H groups in total. The number of nitrogens with zero attached hydrogens (tertiary/aromatic N) is 1. The number of ether oxygens (including phenoxy) is 1. The van der Waals surface area contributed by atoms with E-state index in [1.54, 1.807) is 36.4 Å². The third-order valence-electron chi connectivity index (χ3n) is 4.88. The summed E-state index contributed by atoms with van der Waals surface area (Å²) in [6, 6.07) is 16.0. The van der Waals surface area contributed by atoms with Gasteiger partial charge in [0.25, 0.3) is 5.91 Å². The molecule has 0 aliphatic carbocycles. The van der Waals surface area contributed by atoms with Crippen molar-refractivity contribution in [1.29, 1.82) is 0 Å². The molecule has 0 unspecified atom stereocenters. The van der Waals surface area contributed by atoms with Gasteiger partial charge in [-0.05, 0) is 54.6 Å². The van der Waals surface area contributed by atoms with E-state index in [1.807, 2.05) is 18.2 Å². The van der Waals surface area contributed by atoms with Crippen LogP contribution < -0.4 is 15.5 Å². The minimum atomic E-state index is -0.359. The van der Waals surface area contributed by atoms with Gasteiger partial charge in [-0.1, -0.05) is 11.6 Å². The fourth-order valence-corrected chi connectivity index (χ4v) is 3.52. The van der Waals surface area contributed by atoms with Crippen LogP contribution in [0.2, 0.25) is 5.02 Å². The van der Waals surface area contributed by atoms with Gasteiger partial charge in [-0.25, -0.2) is 0 Å². The molecule has 2 amide bonds. The number of carbonyl (C=O) groups excluding carboxylic acids is 2. The molecule has 160 valence electrons. The highest BCUT2D eigenvalue weighted by atomic mass is 35.5. The first-order valence-corrected chi connectivity index (χ1v) is 10.3. The summed E-state index contributed by atoms with van der Waals surface area (Å²) >= 11 is 5.93. The highest BCUT2D eigenvalue weighted by molar-refractivity contribution is 6.30. The molecule has 0 saturated carbocycles. The summed E-state index contributed by atoms with van der Waals surface area (Å²) in [5.41, 5.74) is 2.94. The number of nitrogens with one attached hydrogen (secondary N) is 2. The minimum Gasteiger partial charge on any atom is -0.451 e. The van der Waals surface area contributed by atoms with E-state index in [0.29, 0.717) is 48.5 Å². The summed E-state index contributed by atoms with van der Waals surface area (Å²) in [5, 5.41) is 6.35. The number of morpholine rings is 1. The van der Waals surface area contributed by atoms with Crippen molar-refractivity contribution in [3.05, 3.63) is 65.4 Å². The molecular formula is C23H22ClN3O4. The second-order valence-electron chi connectivity index (χ2n) is 7.14. The van der Waals surface area contributed by atoms with Crippen molar-refractivity contribution in [2.45, 2.75) is 6.92 Å². The molecule has 0 radical (unpaired) electrons. The van der Waals surface area contributed by atoms with Gasteiger partial charge in [0.2, 0.25) is 5.91 Å². The van der Waals surface area contributed by atoms with Crippen LogP contribution in [0.4, 0.5) is 17.1 Å². The topological polar surface area (TPSA) is 83.8 Å². The van der Waals surface area contributed by atoms with Gasteiger partial charge in [-0.2, -0.15) is 0 Å². The SMILES string of the molecule is CC(=O)Nc1ccc(NC(=O)c2ccc(-c3ccc(Cl)cc3)o2)c(N2CCOCC2)c1. The maximum atomic E-state index is 12.9. The van der Waals surface area contributed by atoms with E-state index in [1.165, 1.54) is 6.92 Å². The molecule has 0 bridgehead atoms. The number of carbonyl (C=O) groups is 2. The Bertz CT molecular complexity index is 1090. The van der Waals surface area contributed by atoms with Crippen molar-refractivity contribution >= 4 is 40.5 Å². The van der Waals surface area contributed by atoms with Crippen LogP contribution in [-0.2, 0) is 9.53 Å². The molecule has 0 spiro atoms. The van der Waals surface area contributed by atoms with Crippen molar-refractivity contribution in [1.82, 2.24) is 0 Å². The normalized spacial score (nSPS) is 13.7. The van der Waals surface area contributed by atoms with Crippen molar-refractivity contribution < 1.29 is 18.7 Å². The summed E-state index contributed by atoms with van der Waals surface area (Å²) in [5.74, 6) is 0.261. The number of anilines is 3. The van der Waals surface area contributed by atoms with E-state index in [2.05, 4.69) is 15.5 Å². The van der Waals surface area contributed by atoms with Crippen LogP contribution in [0.5, 0.6) is 0 Å². The van der Waals surface area contributed by atoms with Gasteiger partial charge in [-0.3, -0.25) is 9.59 Å². The molecule has 1 aromatic heterocycles. The van der Waals surface area contributed by atoms with Crippen LogP contribution in [0.1, 0.15) is 17.5 Å². The van der Waals surface area contributed by atoms with Crippen LogP contribution in [0, 0.1) is 0 Å². The third-order valence-corrected chi connectivity index (χ3v) is 5.13. The lowest BCUT2D eigenvalue weighted by Crippen LogP contribution is -2.36. The van der Waals surface area contributed by atoms with Gasteiger partial charge in [-0.15, -0.1) is 0 Å². The summed E-state index contributed by atoms with van der Waals surface area (Å²) < 4.78 is 11.2. The van der Waals surface area contributed by atoms with Crippen molar-refractivity contribution in [2.75, 3.05) is 41.8 Å². The molecule has 31 heavy (non-hydrogen) atoms. The maximum absolute atomic E-state index is 12.9. The first kappa shape index (κ1) is 21.0. The first-order chi connectivity index (χ1) is 15.0. The molecule has 1 aliphatic heterocycles. The fourth-order valence-electron chi connectivity index (χ4n) is 3.40. The van der Waals surface area contributed by atoms with E-state index in [9.17, 15) is 9.59 Å². The summed E-state index contributed by atoms with van der Waals surface area (Å²) in [6.07, 6.45) is 0.